The predicted molar refractivity (Wildman–Crippen MR) is 65.1 cm³/mol. The fourth-order valence-corrected chi connectivity index (χ4v) is 1.74. The molecule has 0 aromatic heterocycles. The minimum atomic E-state index is 0.352. The zero-order valence-corrected chi connectivity index (χ0v) is 9.04. The Morgan fingerprint density at radius 2 is 1.93 bits per heavy atom. The first-order valence-electron chi connectivity index (χ1n) is 4.98. The highest BCUT2D eigenvalue weighted by Crippen LogP contribution is 2.28. The van der Waals surface area contributed by atoms with Gasteiger partial charge >= 0.3 is 0 Å². The Hall–Kier alpha value is -1.76. The van der Waals surface area contributed by atoms with Gasteiger partial charge < -0.3 is 5.11 Å². The lowest BCUT2D eigenvalue weighted by molar-refractivity contribution is 0.472. The van der Waals surface area contributed by atoms with Crippen LogP contribution in [0.25, 0.3) is 16.3 Å². The van der Waals surface area contributed by atoms with Gasteiger partial charge in [-0.2, -0.15) is 0 Å². The summed E-state index contributed by atoms with van der Waals surface area (Å²) in [7, 11) is 0. The molecule has 0 radical (unpaired) electrons. The summed E-state index contributed by atoms with van der Waals surface area (Å²) >= 11 is 0. The van der Waals surface area contributed by atoms with Crippen molar-refractivity contribution in [3.8, 4) is 5.75 Å². The van der Waals surface area contributed by atoms with Crippen LogP contribution >= 0.6 is 0 Å². The predicted octanol–water partition coefficient (Wildman–Crippen LogP) is 3.89. The molecule has 1 N–H and O–H groups in total. The Morgan fingerprint density at radius 3 is 2.60 bits per heavy atom. The van der Waals surface area contributed by atoms with E-state index in [9.17, 15) is 5.11 Å². The Morgan fingerprint density at radius 1 is 1.20 bits per heavy atom. The average molecular weight is 198 g/mol. The lowest BCUT2D eigenvalue weighted by Crippen LogP contribution is -1.83. The van der Waals surface area contributed by atoms with Gasteiger partial charge in [0.2, 0.25) is 0 Å². The standard InChI is InChI=1S/C14H14O/c1-9(2)11-4-6-13-10(3)14(15)7-5-12(13)8-11/h4-8,15H,1H2,2-3H3. The van der Waals surface area contributed by atoms with Crippen molar-refractivity contribution in [3.05, 3.63) is 48.0 Å². The molecule has 2 aromatic rings. The SMILES string of the molecule is C=C(C)c1ccc2c(C)c(O)ccc2c1. The van der Waals surface area contributed by atoms with E-state index in [1.807, 2.05) is 32.0 Å². The van der Waals surface area contributed by atoms with Crippen LogP contribution < -0.4 is 0 Å². The van der Waals surface area contributed by atoms with Gasteiger partial charge in [0, 0.05) is 0 Å². The van der Waals surface area contributed by atoms with Crippen LogP contribution in [0.15, 0.2) is 36.9 Å². The van der Waals surface area contributed by atoms with Crippen molar-refractivity contribution < 1.29 is 5.11 Å². The van der Waals surface area contributed by atoms with Crippen molar-refractivity contribution in [2.24, 2.45) is 0 Å². The highest BCUT2D eigenvalue weighted by Gasteiger charge is 2.03. The number of fused-ring (bicyclic) bond motifs is 1. The molecule has 0 saturated heterocycles. The summed E-state index contributed by atoms with van der Waals surface area (Å²) in [6.07, 6.45) is 0. The second-order valence-corrected chi connectivity index (χ2v) is 3.93. The van der Waals surface area contributed by atoms with Crippen molar-refractivity contribution in [1.29, 1.82) is 0 Å². The lowest BCUT2D eigenvalue weighted by atomic mass is 10.00. The van der Waals surface area contributed by atoms with Gasteiger partial charge in [-0.25, -0.2) is 0 Å². The van der Waals surface area contributed by atoms with Gasteiger partial charge in [0.25, 0.3) is 0 Å². The van der Waals surface area contributed by atoms with Crippen LogP contribution in [0.1, 0.15) is 18.1 Å². The summed E-state index contributed by atoms with van der Waals surface area (Å²) in [6.45, 7) is 7.85. The molecule has 0 atom stereocenters. The van der Waals surface area contributed by atoms with E-state index in [-0.39, 0.29) is 0 Å². The van der Waals surface area contributed by atoms with Gasteiger partial charge in [0.05, 0.1) is 0 Å². The number of hydrogen-bond acceptors (Lipinski definition) is 1. The van der Waals surface area contributed by atoms with Gasteiger partial charge in [-0.05, 0) is 47.9 Å². The first-order valence-corrected chi connectivity index (χ1v) is 4.98. The summed E-state index contributed by atoms with van der Waals surface area (Å²) < 4.78 is 0. The number of benzene rings is 2. The minimum Gasteiger partial charge on any atom is -0.508 e. The second-order valence-electron chi connectivity index (χ2n) is 3.93. The van der Waals surface area contributed by atoms with Crippen molar-refractivity contribution >= 4 is 16.3 Å². The number of hydrogen-bond donors (Lipinski definition) is 1. The second kappa shape index (κ2) is 3.43. The van der Waals surface area contributed by atoms with E-state index in [0.717, 1.165) is 27.5 Å². The van der Waals surface area contributed by atoms with Crippen LogP contribution in [0.2, 0.25) is 0 Å². The van der Waals surface area contributed by atoms with Crippen LogP contribution in [0.5, 0.6) is 5.75 Å². The third kappa shape index (κ3) is 1.61. The smallest absolute Gasteiger partial charge is 0.119 e. The molecule has 76 valence electrons. The van der Waals surface area contributed by atoms with E-state index in [1.165, 1.54) is 0 Å². The molecule has 2 rings (SSSR count). The Labute approximate surface area is 89.7 Å². The largest absolute Gasteiger partial charge is 0.508 e. The maximum absolute atomic E-state index is 9.58. The van der Waals surface area contributed by atoms with Gasteiger partial charge in [-0.15, -0.1) is 0 Å². The first-order chi connectivity index (χ1) is 7.09. The highest BCUT2D eigenvalue weighted by molar-refractivity contribution is 5.89. The quantitative estimate of drug-likeness (QED) is 0.737. The molecule has 0 fully saturated rings. The molecule has 0 amide bonds. The van der Waals surface area contributed by atoms with E-state index in [1.54, 1.807) is 6.07 Å². The van der Waals surface area contributed by atoms with E-state index in [2.05, 4.69) is 12.6 Å². The molecule has 2 aromatic carbocycles. The Bertz CT molecular complexity index is 538. The maximum atomic E-state index is 9.58. The highest BCUT2D eigenvalue weighted by atomic mass is 16.3. The molecule has 0 saturated carbocycles. The summed E-state index contributed by atoms with van der Waals surface area (Å²) in [6, 6.07) is 9.85. The molecule has 0 bridgehead atoms. The molecule has 1 heteroatoms. The minimum absolute atomic E-state index is 0.352. The molecule has 0 aliphatic carbocycles. The molecule has 0 spiro atoms. The van der Waals surface area contributed by atoms with Crippen molar-refractivity contribution in [2.45, 2.75) is 13.8 Å². The monoisotopic (exact) mass is 198 g/mol. The Balaban J connectivity index is 2.75. The zero-order valence-electron chi connectivity index (χ0n) is 9.04. The number of phenolic OH excluding ortho intramolecular Hbond substituents is 1. The number of aryl methyl sites for hydroxylation is 1. The summed E-state index contributed by atoms with van der Waals surface area (Å²) in [5.74, 6) is 0.352. The van der Waals surface area contributed by atoms with Crippen molar-refractivity contribution in [3.63, 3.8) is 0 Å². The molecule has 0 unspecified atom stereocenters. The van der Waals surface area contributed by atoms with E-state index in [0.29, 0.717) is 5.75 Å². The van der Waals surface area contributed by atoms with E-state index >= 15 is 0 Å². The van der Waals surface area contributed by atoms with Gasteiger partial charge in [0.15, 0.2) is 0 Å². The van der Waals surface area contributed by atoms with Crippen LogP contribution in [0, 0.1) is 6.92 Å². The van der Waals surface area contributed by atoms with Crippen LogP contribution in [0.4, 0.5) is 0 Å². The number of allylic oxidation sites excluding steroid dienone is 1. The molecule has 0 aliphatic rings. The number of aromatic hydroxyl groups is 1. The van der Waals surface area contributed by atoms with E-state index in [4.69, 9.17) is 0 Å². The maximum Gasteiger partial charge on any atom is 0.119 e. The van der Waals surface area contributed by atoms with Crippen molar-refractivity contribution in [1.82, 2.24) is 0 Å². The summed E-state index contributed by atoms with van der Waals surface area (Å²) in [4.78, 5) is 0. The lowest BCUT2D eigenvalue weighted by Gasteiger charge is -2.06. The topological polar surface area (TPSA) is 20.2 Å². The summed E-state index contributed by atoms with van der Waals surface area (Å²) in [5.41, 5.74) is 3.14. The third-order valence-corrected chi connectivity index (χ3v) is 2.75. The van der Waals surface area contributed by atoms with Gasteiger partial charge in [-0.1, -0.05) is 30.4 Å². The van der Waals surface area contributed by atoms with Gasteiger partial charge in [-0.3, -0.25) is 0 Å². The van der Waals surface area contributed by atoms with E-state index < -0.39 is 0 Å². The van der Waals surface area contributed by atoms with Crippen LogP contribution in [-0.2, 0) is 0 Å². The zero-order chi connectivity index (χ0) is 11.0. The fraction of sp³-hybridized carbons (Fsp3) is 0.143. The van der Waals surface area contributed by atoms with Crippen LogP contribution in [-0.4, -0.2) is 5.11 Å². The van der Waals surface area contributed by atoms with Crippen molar-refractivity contribution in [2.75, 3.05) is 0 Å². The molecular weight excluding hydrogens is 184 g/mol. The molecule has 0 aliphatic heterocycles. The van der Waals surface area contributed by atoms with Crippen LogP contribution in [0.3, 0.4) is 0 Å². The average Bonchev–Trinajstić information content (AvgIpc) is 2.23. The molecule has 1 nitrogen and oxygen atoms in total. The third-order valence-electron chi connectivity index (χ3n) is 2.75. The fourth-order valence-electron chi connectivity index (χ4n) is 1.74. The molecule has 15 heavy (non-hydrogen) atoms. The van der Waals surface area contributed by atoms with Gasteiger partial charge in [0.1, 0.15) is 5.75 Å². The Kier molecular flexibility index (Phi) is 2.24. The normalized spacial score (nSPS) is 10.5. The number of rotatable bonds is 1. The number of phenols is 1. The first kappa shape index (κ1) is 9.78. The molecular formula is C14H14O. The summed E-state index contributed by atoms with van der Waals surface area (Å²) in [5, 5.41) is 11.8. The molecule has 0 heterocycles.